The van der Waals surface area contributed by atoms with Crippen LogP contribution in [0.1, 0.15) is 41.3 Å². The highest BCUT2D eigenvalue weighted by atomic mass is 16.5. The normalized spacial score (nSPS) is 17.5. The number of nitrogens with one attached hydrogen (secondary N) is 1. The summed E-state index contributed by atoms with van der Waals surface area (Å²) in [6.07, 6.45) is 2.40. The van der Waals surface area contributed by atoms with Crippen LogP contribution >= 0.6 is 0 Å². The molecule has 0 spiro atoms. The van der Waals surface area contributed by atoms with Crippen LogP contribution in [0.3, 0.4) is 0 Å². The van der Waals surface area contributed by atoms with Gasteiger partial charge in [0.1, 0.15) is 5.52 Å². The van der Waals surface area contributed by atoms with E-state index in [2.05, 4.69) is 40.5 Å². The number of anilines is 2. The van der Waals surface area contributed by atoms with Crippen LogP contribution in [0.5, 0.6) is 0 Å². The van der Waals surface area contributed by atoms with Crippen LogP contribution in [-0.2, 0) is 6.54 Å². The number of ketones is 1. The topological polar surface area (TPSA) is 58.4 Å². The minimum atomic E-state index is 0.0235. The Morgan fingerprint density at radius 1 is 1.09 bits per heavy atom. The third-order valence-corrected chi connectivity index (χ3v) is 6.70. The minimum absolute atomic E-state index is 0.0235. The van der Waals surface area contributed by atoms with Crippen molar-refractivity contribution >= 4 is 28.1 Å². The number of rotatable bonds is 4. The predicted molar refractivity (Wildman–Crippen MR) is 127 cm³/mol. The number of aromatic nitrogens is 1. The van der Waals surface area contributed by atoms with Gasteiger partial charge >= 0.3 is 0 Å². The fourth-order valence-electron chi connectivity index (χ4n) is 5.12. The second-order valence-electron chi connectivity index (χ2n) is 8.96. The van der Waals surface area contributed by atoms with Crippen molar-refractivity contribution in [2.24, 2.45) is 5.92 Å². The summed E-state index contributed by atoms with van der Waals surface area (Å²) in [6, 6.07) is 20.0. The van der Waals surface area contributed by atoms with Crippen molar-refractivity contribution in [3.8, 4) is 11.3 Å². The lowest BCUT2D eigenvalue weighted by Gasteiger charge is -2.33. The van der Waals surface area contributed by atoms with E-state index >= 15 is 0 Å². The highest BCUT2D eigenvalue weighted by Gasteiger charge is 2.34. The smallest absolute Gasteiger partial charge is 0.196 e. The lowest BCUT2D eigenvalue weighted by molar-refractivity contribution is 0.104. The summed E-state index contributed by atoms with van der Waals surface area (Å²) in [5, 5.41) is 8.88. The SMILES string of the molecule is C[C@@H]1CCCN(c2cc(NCc3ccccc3)c3c4c(onc24)-c2ccccc2C3=O)C1. The average Bonchev–Trinajstić information content (AvgIpc) is 3.27. The molecule has 1 aromatic heterocycles. The average molecular weight is 424 g/mol. The summed E-state index contributed by atoms with van der Waals surface area (Å²) >= 11 is 0. The first kappa shape index (κ1) is 19.1. The number of fused-ring (bicyclic) bond motifs is 2. The molecule has 6 rings (SSSR count). The van der Waals surface area contributed by atoms with Crippen molar-refractivity contribution in [2.75, 3.05) is 23.3 Å². The molecule has 0 saturated carbocycles. The second-order valence-corrected chi connectivity index (χ2v) is 8.96. The molecule has 5 nitrogen and oxygen atoms in total. The molecular weight excluding hydrogens is 398 g/mol. The molecular formula is C27H25N3O2. The monoisotopic (exact) mass is 423 g/mol. The van der Waals surface area contributed by atoms with E-state index < -0.39 is 0 Å². The highest BCUT2D eigenvalue weighted by molar-refractivity contribution is 6.28. The van der Waals surface area contributed by atoms with Crippen LogP contribution in [0, 0.1) is 5.92 Å². The predicted octanol–water partition coefficient (Wildman–Crippen LogP) is 5.89. The summed E-state index contributed by atoms with van der Waals surface area (Å²) in [6.45, 7) is 4.91. The fraction of sp³-hybridized carbons (Fsp3) is 0.259. The van der Waals surface area contributed by atoms with Crippen molar-refractivity contribution in [1.82, 2.24) is 5.16 Å². The summed E-state index contributed by atoms with van der Waals surface area (Å²) in [5.74, 6) is 1.34. The quantitative estimate of drug-likeness (QED) is 0.391. The second kappa shape index (κ2) is 7.52. The van der Waals surface area contributed by atoms with Gasteiger partial charge in [0, 0.05) is 36.4 Å². The van der Waals surface area contributed by atoms with E-state index in [-0.39, 0.29) is 5.78 Å². The van der Waals surface area contributed by atoms with Crippen LogP contribution in [0.25, 0.3) is 22.2 Å². The molecule has 1 aliphatic heterocycles. The van der Waals surface area contributed by atoms with Crippen molar-refractivity contribution < 1.29 is 9.32 Å². The molecule has 0 amide bonds. The van der Waals surface area contributed by atoms with E-state index in [1.165, 1.54) is 12.0 Å². The number of nitrogens with zero attached hydrogens (tertiary/aromatic N) is 2. The number of benzene rings is 3. The Morgan fingerprint density at radius 2 is 1.88 bits per heavy atom. The van der Waals surface area contributed by atoms with E-state index in [1.807, 2.05) is 42.5 Å². The number of hydrogen-bond donors (Lipinski definition) is 1. The van der Waals surface area contributed by atoms with E-state index in [1.54, 1.807) is 0 Å². The van der Waals surface area contributed by atoms with Crippen LogP contribution < -0.4 is 10.2 Å². The molecule has 1 atom stereocenters. The Labute approximate surface area is 187 Å². The lowest BCUT2D eigenvalue weighted by atomic mass is 9.86. The van der Waals surface area contributed by atoms with Crippen LogP contribution in [0.4, 0.5) is 11.4 Å². The van der Waals surface area contributed by atoms with E-state index in [0.717, 1.165) is 47.4 Å². The molecule has 0 bridgehead atoms. The summed E-state index contributed by atoms with van der Waals surface area (Å²) in [7, 11) is 0. The molecule has 2 aliphatic rings. The van der Waals surface area contributed by atoms with Crippen molar-refractivity contribution in [3.63, 3.8) is 0 Å². The zero-order valence-corrected chi connectivity index (χ0v) is 18.1. The molecule has 1 fully saturated rings. The highest BCUT2D eigenvalue weighted by Crippen LogP contribution is 2.46. The van der Waals surface area contributed by atoms with Crippen molar-refractivity contribution in [1.29, 1.82) is 0 Å². The molecule has 0 unspecified atom stereocenters. The molecule has 4 aromatic rings. The Balaban J connectivity index is 1.54. The maximum absolute atomic E-state index is 13.6. The number of piperidine rings is 1. The number of carbonyl (C=O) groups is 1. The van der Waals surface area contributed by atoms with Gasteiger partial charge in [-0.3, -0.25) is 4.79 Å². The summed E-state index contributed by atoms with van der Waals surface area (Å²) < 4.78 is 5.89. The van der Waals surface area contributed by atoms with Gasteiger partial charge in [0.25, 0.3) is 0 Å². The molecule has 0 radical (unpaired) electrons. The van der Waals surface area contributed by atoms with Gasteiger partial charge in [-0.15, -0.1) is 0 Å². The van der Waals surface area contributed by atoms with Gasteiger partial charge in [-0.05, 0) is 30.4 Å². The Morgan fingerprint density at radius 3 is 2.69 bits per heavy atom. The first-order valence-electron chi connectivity index (χ1n) is 11.3. The number of carbonyl (C=O) groups excluding carboxylic acids is 1. The third kappa shape index (κ3) is 3.00. The third-order valence-electron chi connectivity index (χ3n) is 6.70. The van der Waals surface area contributed by atoms with Crippen LogP contribution in [-0.4, -0.2) is 24.0 Å². The zero-order chi connectivity index (χ0) is 21.7. The molecule has 160 valence electrons. The lowest BCUT2D eigenvalue weighted by Crippen LogP contribution is -2.34. The summed E-state index contributed by atoms with van der Waals surface area (Å²) in [4.78, 5) is 16.0. The van der Waals surface area contributed by atoms with E-state index in [0.29, 0.717) is 29.3 Å². The van der Waals surface area contributed by atoms with Gasteiger partial charge in [0.2, 0.25) is 0 Å². The Hall–Kier alpha value is -3.60. The van der Waals surface area contributed by atoms with Crippen molar-refractivity contribution in [2.45, 2.75) is 26.3 Å². The first-order chi connectivity index (χ1) is 15.7. The van der Waals surface area contributed by atoms with E-state index in [9.17, 15) is 4.79 Å². The minimum Gasteiger partial charge on any atom is -0.380 e. The van der Waals surface area contributed by atoms with Gasteiger partial charge in [-0.1, -0.05) is 66.7 Å². The molecule has 1 N–H and O–H groups in total. The van der Waals surface area contributed by atoms with Gasteiger partial charge in [0.05, 0.1) is 16.6 Å². The van der Waals surface area contributed by atoms with Crippen LogP contribution in [0.2, 0.25) is 0 Å². The van der Waals surface area contributed by atoms with Gasteiger partial charge in [-0.2, -0.15) is 0 Å². The van der Waals surface area contributed by atoms with Crippen molar-refractivity contribution in [3.05, 3.63) is 77.4 Å². The molecule has 1 saturated heterocycles. The van der Waals surface area contributed by atoms with Gasteiger partial charge < -0.3 is 14.7 Å². The fourth-order valence-corrected chi connectivity index (χ4v) is 5.12. The molecule has 1 aliphatic carbocycles. The zero-order valence-electron chi connectivity index (χ0n) is 18.1. The maximum Gasteiger partial charge on any atom is 0.196 e. The molecule has 5 heteroatoms. The number of hydrogen-bond acceptors (Lipinski definition) is 5. The summed E-state index contributed by atoms with van der Waals surface area (Å²) in [5.41, 5.74) is 6.01. The largest absolute Gasteiger partial charge is 0.380 e. The van der Waals surface area contributed by atoms with Gasteiger partial charge in [0.15, 0.2) is 11.5 Å². The Kier molecular flexibility index (Phi) is 4.49. The molecule has 2 heterocycles. The molecule has 32 heavy (non-hydrogen) atoms. The standard InChI is InChI=1S/C27H25N3O2/c1-17-8-7-13-30(16-17)22-14-21(28-15-18-9-3-2-4-10-18)23-24-25(22)29-32-27(24)20-12-6-5-11-19(20)26(23)31/h2-6,9-12,14,17,28H,7-8,13,15-16H2,1H3/t17-/m1/s1. The van der Waals surface area contributed by atoms with Gasteiger partial charge in [-0.25, -0.2) is 0 Å². The Bertz CT molecular complexity index is 1330. The maximum atomic E-state index is 13.6. The first-order valence-corrected chi connectivity index (χ1v) is 11.3. The van der Waals surface area contributed by atoms with E-state index in [4.69, 9.17) is 4.52 Å². The molecule has 3 aromatic carbocycles. The van der Waals surface area contributed by atoms with Crippen LogP contribution in [0.15, 0.2) is 65.2 Å².